The van der Waals surface area contributed by atoms with Crippen molar-refractivity contribution < 1.29 is 4.79 Å². The lowest BCUT2D eigenvalue weighted by Crippen LogP contribution is -2.32. The zero-order valence-corrected chi connectivity index (χ0v) is 11.3. The number of carbonyl (C=O) groups is 1. The van der Waals surface area contributed by atoms with Crippen LogP contribution in [0.15, 0.2) is 16.7 Å². The smallest absolute Gasteiger partial charge is 0.255 e. The lowest BCUT2D eigenvalue weighted by molar-refractivity contribution is 0.0939. The lowest BCUT2D eigenvalue weighted by Gasteiger charge is -2.13. The third-order valence-corrected chi connectivity index (χ3v) is 2.76. The molecule has 1 amide bonds. The third kappa shape index (κ3) is 3.20. The highest BCUT2D eigenvalue weighted by atomic mass is 79.9. The van der Waals surface area contributed by atoms with Crippen molar-refractivity contribution in [2.45, 2.75) is 26.3 Å². The predicted octanol–water partition coefficient (Wildman–Crippen LogP) is 2.41. The van der Waals surface area contributed by atoms with Crippen LogP contribution in [0.4, 0.5) is 5.82 Å². The Kier molecular flexibility index (Phi) is 4.73. The fourth-order valence-electron chi connectivity index (χ4n) is 1.22. The summed E-state index contributed by atoms with van der Waals surface area (Å²) in [6.07, 6.45) is 2.56. The van der Waals surface area contributed by atoms with Gasteiger partial charge in [-0.3, -0.25) is 4.79 Å². The average molecular weight is 286 g/mol. The first-order valence-corrected chi connectivity index (χ1v) is 6.02. The van der Waals surface area contributed by atoms with Crippen molar-refractivity contribution in [2.24, 2.45) is 0 Å². The Balaban J connectivity index is 2.93. The summed E-state index contributed by atoms with van der Waals surface area (Å²) in [6, 6.07) is 1.92. The summed E-state index contributed by atoms with van der Waals surface area (Å²) in [4.78, 5) is 16.1. The van der Waals surface area contributed by atoms with Crippen LogP contribution < -0.4 is 10.6 Å². The van der Waals surface area contributed by atoms with Gasteiger partial charge >= 0.3 is 0 Å². The second-order valence-corrected chi connectivity index (χ2v) is 4.50. The number of nitrogens with zero attached hydrogens (tertiary/aromatic N) is 1. The van der Waals surface area contributed by atoms with Gasteiger partial charge in [-0.2, -0.15) is 0 Å². The fraction of sp³-hybridized carbons (Fsp3) is 0.455. The van der Waals surface area contributed by atoms with E-state index in [-0.39, 0.29) is 11.9 Å². The first-order chi connectivity index (χ1) is 7.58. The molecule has 1 atom stereocenters. The highest BCUT2D eigenvalue weighted by Gasteiger charge is 2.13. The van der Waals surface area contributed by atoms with Gasteiger partial charge in [-0.05, 0) is 35.3 Å². The monoisotopic (exact) mass is 285 g/mol. The Hall–Kier alpha value is -1.10. The van der Waals surface area contributed by atoms with E-state index in [1.807, 2.05) is 13.8 Å². The first kappa shape index (κ1) is 13.0. The van der Waals surface area contributed by atoms with Gasteiger partial charge in [0.25, 0.3) is 5.91 Å². The number of hydrogen-bond donors (Lipinski definition) is 2. The molecule has 1 heterocycles. The Morgan fingerprint density at radius 1 is 1.62 bits per heavy atom. The van der Waals surface area contributed by atoms with E-state index in [0.717, 1.165) is 10.9 Å². The van der Waals surface area contributed by atoms with E-state index in [9.17, 15) is 4.79 Å². The number of aromatic nitrogens is 1. The summed E-state index contributed by atoms with van der Waals surface area (Å²) >= 11 is 3.31. The minimum atomic E-state index is -0.104. The standard InChI is InChI=1S/C11H16BrN3O/c1-4-7(2)15-11(16)9-5-8(12)6-14-10(9)13-3/h5-7H,4H2,1-3H3,(H,13,14)(H,15,16). The molecule has 1 rings (SSSR count). The molecule has 16 heavy (non-hydrogen) atoms. The second kappa shape index (κ2) is 5.84. The molecule has 0 aliphatic carbocycles. The Morgan fingerprint density at radius 3 is 2.88 bits per heavy atom. The molecule has 1 unspecified atom stereocenters. The van der Waals surface area contributed by atoms with Gasteiger partial charge in [0.15, 0.2) is 0 Å². The van der Waals surface area contributed by atoms with Gasteiger partial charge in [0.2, 0.25) is 0 Å². The van der Waals surface area contributed by atoms with Gasteiger partial charge in [0.05, 0.1) is 5.56 Å². The third-order valence-electron chi connectivity index (χ3n) is 2.33. The van der Waals surface area contributed by atoms with E-state index in [1.165, 1.54) is 0 Å². The van der Waals surface area contributed by atoms with Gasteiger partial charge in [-0.25, -0.2) is 4.98 Å². The number of halogens is 1. The van der Waals surface area contributed by atoms with Crippen molar-refractivity contribution in [1.82, 2.24) is 10.3 Å². The van der Waals surface area contributed by atoms with Crippen LogP contribution in [0.1, 0.15) is 30.6 Å². The number of anilines is 1. The normalized spacial score (nSPS) is 12.0. The minimum Gasteiger partial charge on any atom is -0.372 e. The van der Waals surface area contributed by atoms with Crippen LogP contribution in [-0.2, 0) is 0 Å². The summed E-state index contributed by atoms with van der Waals surface area (Å²) in [5, 5.41) is 5.81. The number of hydrogen-bond acceptors (Lipinski definition) is 3. The topological polar surface area (TPSA) is 54.0 Å². The van der Waals surface area contributed by atoms with Gasteiger partial charge in [-0.1, -0.05) is 6.92 Å². The number of carbonyl (C=O) groups excluding carboxylic acids is 1. The zero-order chi connectivity index (χ0) is 12.1. The van der Waals surface area contributed by atoms with Crippen LogP contribution >= 0.6 is 15.9 Å². The molecule has 0 radical (unpaired) electrons. The molecule has 1 aromatic rings. The quantitative estimate of drug-likeness (QED) is 0.893. The van der Waals surface area contributed by atoms with E-state index in [0.29, 0.717) is 11.4 Å². The minimum absolute atomic E-state index is 0.104. The van der Waals surface area contributed by atoms with Crippen LogP contribution in [0.3, 0.4) is 0 Å². The SMILES string of the molecule is CCC(C)NC(=O)c1cc(Br)cnc1NC. The number of rotatable bonds is 4. The summed E-state index contributed by atoms with van der Waals surface area (Å²) in [5.74, 6) is 0.483. The molecule has 2 N–H and O–H groups in total. The molecule has 1 aromatic heterocycles. The largest absolute Gasteiger partial charge is 0.372 e. The maximum Gasteiger partial charge on any atom is 0.255 e. The van der Waals surface area contributed by atoms with Crippen LogP contribution in [-0.4, -0.2) is 24.0 Å². The van der Waals surface area contributed by atoms with Crippen LogP contribution in [0.2, 0.25) is 0 Å². The van der Waals surface area contributed by atoms with Gasteiger partial charge in [0, 0.05) is 23.8 Å². The summed E-state index contributed by atoms with van der Waals surface area (Å²) < 4.78 is 0.792. The summed E-state index contributed by atoms with van der Waals surface area (Å²) in [5.41, 5.74) is 0.553. The van der Waals surface area contributed by atoms with Crippen molar-refractivity contribution in [2.75, 3.05) is 12.4 Å². The maximum absolute atomic E-state index is 11.9. The Bertz CT molecular complexity index is 381. The zero-order valence-electron chi connectivity index (χ0n) is 9.67. The average Bonchev–Trinajstić information content (AvgIpc) is 2.28. The Morgan fingerprint density at radius 2 is 2.31 bits per heavy atom. The molecule has 0 fully saturated rings. The second-order valence-electron chi connectivity index (χ2n) is 3.58. The highest BCUT2D eigenvalue weighted by molar-refractivity contribution is 9.10. The molecular formula is C11H16BrN3O. The van der Waals surface area contributed by atoms with Crippen molar-refractivity contribution in [3.63, 3.8) is 0 Å². The molecule has 4 nitrogen and oxygen atoms in total. The molecule has 0 bridgehead atoms. The van der Waals surface area contributed by atoms with E-state index in [1.54, 1.807) is 19.3 Å². The number of amides is 1. The van der Waals surface area contributed by atoms with Crippen molar-refractivity contribution in [3.05, 3.63) is 22.3 Å². The number of nitrogens with one attached hydrogen (secondary N) is 2. The highest BCUT2D eigenvalue weighted by Crippen LogP contribution is 2.17. The molecule has 88 valence electrons. The molecule has 0 aliphatic heterocycles. The molecule has 0 spiro atoms. The molecule has 5 heteroatoms. The van der Waals surface area contributed by atoms with Crippen LogP contribution in [0.5, 0.6) is 0 Å². The van der Waals surface area contributed by atoms with E-state index >= 15 is 0 Å². The summed E-state index contributed by atoms with van der Waals surface area (Å²) in [7, 11) is 1.75. The molecule has 0 aliphatic rings. The predicted molar refractivity (Wildman–Crippen MR) is 68.7 cm³/mol. The maximum atomic E-state index is 11.9. The Labute approximate surface area is 104 Å². The molecule has 0 saturated carbocycles. The van der Waals surface area contributed by atoms with E-state index < -0.39 is 0 Å². The lowest BCUT2D eigenvalue weighted by atomic mass is 10.2. The van der Waals surface area contributed by atoms with Crippen LogP contribution in [0.25, 0.3) is 0 Å². The van der Waals surface area contributed by atoms with Crippen molar-refractivity contribution in [3.8, 4) is 0 Å². The molecular weight excluding hydrogens is 270 g/mol. The van der Waals surface area contributed by atoms with Gasteiger partial charge in [-0.15, -0.1) is 0 Å². The fourth-order valence-corrected chi connectivity index (χ4v) is 1.55. The summed E-state index contributed by atoms with van der Waals surface area (Å²) in [6.45, 7) is 4.01. The van der Waals surface area contributed by atoms with Gasteiger partial charge < -0.3 is 10.6 Å². The van der Waals surface area contributed by atoms with Gasteiger partial charge in [0.1, 0.15) is 5.82 Å². The van der Waals surface area contributed by atoms with Crippen molar-refractivity contribution >= 4 is 27.7 Å². The van der Waals surface area contributed by atoms with Crippen LogP contribution in [0, 0.1) is 0 Å². The number of pyridine rings is 1. The molecule has 0 saturated heterocycles. The molecule has 0 aromatic carbocycles. The van der Waals surface area contributed by atoms with Crippen molar-refractivity contribution in [1.29, 1.82) is 0 Å². The first-order valence-electron chi connectivity index (χ1n) is 5.22. The van der Waals surface area contributed by atoms with E-state index in [2.05, 4.69) is 31.5 Å². The van der Waals surface area contributed by atoms with E-state index in [4.69, 9.17) is 0 Å².